The lowest BCUT2D eigenvalue weighted by molar-refractivity contribution is 0.661. The molecule has 24 rings (SSSR count). The highest BCUT2D eigenvalue weighted by Crippen LogP contribution is 2.57. The van der Waals surface area contributed by atoms with E-state index in [1.165, 1.54) is 186 Å². The molecule has 0 bridgehead atoms. The molecule has 0 radical (unpaired) electrons. The van der Waals surface area contributed by atoms with Crippen molar-refractivity contribution in [2.24, 2.45) is 0 Å². The first-order valence-electron chi connectivity index (χ1n) is 39.6. The predicted octanol–water partition coefficient (Wildman–Crippen LogP) is 29.4. The maximum atomic E-state index is 5.40. The molecular formula is C110H72N4. The van der Waals surface area contributed by atoms with Crippen molar-refractivity contribution in [3.8, 4) is 89.3 Å². The summed E-state index contributed by atoms with van der Waals surface area (Å²) in [6.07, 6.45) is 3.88. The molecule has 0 fully saturated rings. The van der Waals surface area contributed by atoms with E-state index < -0.39 is 0 Å². The molecule has 4 heterocycles. The Morgan fingerprint density at radius 3 is 1.07 bits per heavy atom. The minimum Gasteiger partial charge on any atom is -0.256 e. The molecule has 4 aromatic heterocycles. The molecule has 0 saturated carbocycles. The Morgan fingerprint density at radius 2 is 0.579 bits per heavy atom. The summed E-state index contributed by atoms with van der Waals surface area (Å²) in [7, 11) is 0. The van der Waals surface area contributed by atoms with Gasteiger partial charge in [0.2, 0.25) is 0 Å². The van der Waals surface area contributed by atoms with E-state index in [2.05, 4.69) is 367 Å². The summed E-state index contributed by atoms with van der Waals surface area (Å²) in [4.78, 5) is 20.3. The zero-order valence-corrected chi connectivity index (χ0v) is 63.4. The van der Waals surface area contributed by atoms with E-state index in [4.69, 9.17) is 19.9 Å². The molecule has 2 aliphatic rings. The van der Waals surface area contributed by atoms with E-state index in [0.717, 1.165) is 55.4 Å². The maximum absolute atomic E-state index is 5.40. The smallest absolute Gasteiger partial charge is 0.0780 e. The van der Waals surface area contributed by atoms with Crippen LogP contribution in [0.2, 0.25) is 0 Å². The van der Waals surface area contributed by atoms with Crippen LogP contribution in [-0.4, -0.2) is 19.9 Å². The van der Waals surface area contributed by atoms with Crippen LogP contribution in [-0.2, 0) is 10.8 Å². The van der Waals surface area contributed by atoms with Gasteiger partial charge in [0.1, 0.15) is 0 Å². The van der Waals surface area contributed by atoms with Crippen LogP contribution in [0.15, 0.2) is 364 Å². The molecule has 0 unspecified atom stereocenters. The third-order valence-corrected chi connectivity index (χ3v) is 25.3. The van der Waals surface area contributed by atoms with Crippen molar-refractivity contribution in [3.05, 3.63) is 386 Å². The molecule has 532 valence electrons. The number of rotatable bonds is 6. The van der Waals surface area contributed by atoms with Gasteiger partial charge in [-0.3, -0.25) is 9.97 Å². The second-order valence-electron chi connectivity index (χ2n) is 32.2. The third kappa shape index (κ3) is 9.97. The standard InChI is InChI=1S/2C55H36N2/c1-55(2)48-17-9-8-16-45(48)54-53(55)51(52-40-13-5-3-11-34(40)25-28-50(52)57-54)35-21-19-33(20-22-35)36-23-26-43-44-27-24-37(39-29-38-12-4-10-18-49(38)56-32-39)31-47(44)42-15-7-6-14-41(42)46(43)30-36;1-55(2)48-19-8-7-17-45(48)54-52(55)50(51-39-14-4-3-11-34(39)26-29-49(51)57-54)35-22-20-33(21-23-35)37-24-27-43-44-28-25-38(40-18-9-12-36-13-10-30-56-53(36)40)32-47(44)42-16-6-5-15-41(42)46(43)31-37/h2*3-32H,1-2H3. The fourth-order valence-corrected chi connectivity index (χ4v) is 19.8. The highest BCUT2D eigenvalue weighted by Gasteiger charge is 2.42. The number of hydrogen-bond acceptors (Lipinski definition) is 4. The SMILES string of the molecule is CC1(C)c2ccccc2-c2nc3ccc4ccccc4c3c(-c3ccc(-c4ccc5c6ccc(-c7cccc8cccnc78)cc6c6ccccc6c5c4)cc3)c21.CC1(C)c2ccccc2-c2nc3ccc4ccccc4c3c(-c3ccc(-c4ccc5c6ccc(-c7cnc8ccccc8c7)cc6c6ccccc6c5c4)cc3)c21. The number of hydrogen-bond donors (Lipinski definition) is 0. The number of pyridine rings is 4. The molecule has 22 aromatic rings. The zero-order valence-electron chi connectivity index (χ0n) is 63.4. The summed E-state index contributed by atoms with van der Waals surface area (Å²) >= 11 is 0. The van der Waals surface area contributed by atoms with Gasteiger partial charge in [-0.1, -0.05) is 325 Å². The maximum Gasteiger partial charge on any atom is 0.0780 e. The Bertz CT molecular complexity index is 7850. The predicted molar refractivity (Wildman–Crippen MR) is 482 cm³/mol. The van der Waals surface area contributed by atoms with E-state index in [0.29, 0.717) is 0 Å². The molecule has 2 aliphatic carbocycles. The number of aromatic nitrogens is 4. The number of para-hydroxylation sites is 2. The van der Waals surface area contributed by atoms with Gasteiger partial charge in [0.15, 0.2) is 0 Å². The van der Waals surface area contributed by atoms with E-state index in [-0.39, 0.29) is 10.8 Å². The van der Waals surface area contributed by atoms with Crippen LogP contribution >= 0.6 is 0 Å². The number of benzene rings is 18. The van der Waals surface area contributed by atoms with Gasteiger partial charge in [-0.2, -0.15) is 0 Å². The van der Waals surface area contributed by atoms with E-state index >= 15 is 0 Å². The van der Waals surface area contributed by atoms with Crippen molar-refractivity contribution in [2.45, 2.75) is 38.5 Å². The second kappa shape index (κ2) is 25.1. The topological polar surface area (TPSA) is 51.6 Å². The average molecular weight is 1450 g/mol. The van der Waals surface area contributed by atoms with Crippen LogP contribution < -0.4 is 0 Å². The number of nitrogens with zero attached hydrogens (tertiary/aromatic N) is 4. The van der Waals surface area contributed by atoms with Crippen LogP contribution in [0.4, 0.5) is 0 Å². The van der Waals surface area contributed by atoms with Crippen molar-refractivity contribution in [1.29, 1.82) is 0 Å². The van der Waals surface area contributed by atoms with Crippen LogP contribution in [0, 0.1) is 0 Å². The largest absolute Gasteiger partial charge is 0.256 e. The molecule has 0 amide bonds. The summed E-state index contributed by atoms with van der Waals surface area (Å²) in [6, 6.07) is 129. The quantitative estimate of drug-likeness (QED) is 0.156. The molecule has 4 nitrogen and oxygen atoms in total. The fourth-order valence-electron chi connectivity index (χ4n) is 19.8. The minimum absolute atomic E-state index is 0.201. The number of fused-ring (bicyclic) bond motifs is 26. The first-order valence-corrected chi connectivity index (χ1v) is 39.6. The summed E-state index contributed by atoms with van der Waals surface area (Å²) < 4.78 is 0. The van der Waals surface area contributed by atoms with Gasteiger partial charge < -0.3 is 0 Å². The normalized spacial score (nSPS) is 13.2. The van der Waals surface area contributed by atoms with Crippen LogP contribution in [0.3, 0.4) is 0 Å². The molecule has 114 heavy (non-hydrogen) atoms. The highest BCUT2D eigenvalue weighted by molar-refractivity contribution is 6.28. The molecule has 18 aromatic carbocycles. The molecule has 0 N–H and O–H groups in total. The average Bonchev–Trinajstić information content (AvgIpc) is 1.48. The Kier molecular flexibility index (Phi) is 14.4. The van der Waals surface area contributed by atoms with Crippen molar-refractivity contribution < 1.29 is 0 Å². The Labute approximate surface area is 659 Å². The van der Waals surface area contributed by atoms with E-state index in [1.54, 1.807) is 0 Å². The van der Waals surface area contributed by atoms with Crippen LogP contribution in [0.5, 0.6) is 0 Å². The minimum atomic E-state index is -0.202. The summed E-state index contributed by atoms with van der Waals surface area (Å²) in [5.74, 6) is 0. The summed E-state index contributed by atoms with van der Waals surface area (Å²) in [5, 5.41) is 24.9. The van der Waals surface area contributed by atoms with E-state index in [9.17, 15) is 0 Å². The first kappa shape index (κ1) is 65.6. The molecule has 4 heteroatoms. The van der Waals surface area contributed by atoms with Crippen molar-refractivity contribution in [2.75, 3.05) is 0 Å². The highest BCUT2D eigenvalue weighted by atomic mass is 14.7. The summed E-state index contributed by atoms with van der Waals surface area (Å²) in [6.45, 7) is 9.44. The molecule has 0 atom stereocenters. The van der Waals surface area contributed by atoms with Gasteiger partial charge in [0, 0.05) is 67.0 Å². The fraction of sp³-hybridized carbons (Fsp3) is 0.0545. The summed E-state index contributed by atoms with van der Waals surface area (Å²) in [5.41, 5.74) is 28.2. The molecule has 0 saturated heterocycles. The third-order valence-electron chi connectivity index (χ3n) is 25.3. The van der Waals surface area contributed by atoms with Gasteiger partial charge >= 0.3 is 0 Å². The van der Waals surface area contributed by atoms with Gasteiger partial charge in [-0.25, -0.2) is 9.97 Å². The lowest BCUT2D eigenvalue weighted by Crippen LogP contribution is -2.16. The van der Waals surface area contributed by atoms with Gasteiger partial charge in [0.05, 0.1) is 33.5 Å². The van der Waals surface area contributed by atoms with Gasteiger partial charge in [-0.15, -0.1) is 0 Å². The van der Waals surface area contributed by atoms with Gasteiger partial charge in [0.25, 0.3) is 0 Å². The van der Waals surface area contributed by atoms with Gasteiger partial charge in [-0.05, 0) is 219 Å². The molecule has 0 spiro atoms. The second-order valence-corrected chi connectivity index (χ2v) is 32.2. The van der Waals surface area contributed by atoms with Crippen molar-refractivity contribution in [1.82, 2.24) is 19.9 Å². The molecular weight excluding hydrogens is 1380 g/mol. The lowest BCUT2D eigenvalue weighted by atomic mass is 9.78. The van der Waals surface area contributed by atoms with Crippen LogP contribution in [0.1, 0.15) is 49.9 Å². The van der Waals surface area contributed by atoms with Crippen molar-refractivity contribution >= 4 is 130 Å². The first-order chi connectivity index (χ1) is 56.0. The Morgan fingerprint density at radius 1 is 0.219 bits per heavy atom. The Balaban J connectivity index is 0.000000135. The monoisotopic (exact) mass is 1450 g/mol. The van der Waals surface area contributed by atoms with Crippen molar-refractivity contribution in [3.63, 3.8) is 0 Å². The molecule has 0 aliphatic heterocycles. The zero-order chi connectivity index (χ0) is 75.7. The van der Waals surface area contributed by atoms with Crippen LogP contribution in [0.25, 0.3) is 219 Å². The lowest BCUT2D eigenvalue weighted by Gasteiger charge is -2.25. The van der Waals surface area contributed by atoms with E-state index in [1.807, 2.05) is 24.5 Å². The Hall–Kier alpha value is -14.3.